The van der Waals surface area contributed by atoms with Gasteiger partial charge < -0.3 is 9.30 Å². The van der Waals surface area contributed by atoms with Crippen LogP contribution in [-0.4, -0.2) is 16.0 Å². The van der Waals surface area contributed by atoms with E-state index in [0.29, 0.717) is 16.8 Å². The molecule has 156 valence electrons. The molecule has 0 radical (unpaired) electrons. The summed E-state index contributed by atoms with van der Waals surface area (Å²) in [5, 5.41) is 0. The zero-order valence-corrected chi connectivity index (χ0v) is 19.1. The Bertz CT molecular complexity index is 1090. The summed E-state index contributed by atoms with van der Waals surface area (Å²) >= 11 is 3.55. The van der Waals surface area contributed by atoms with Crippen LogP contribution in [-0.2, 0) is 32.7 Å². The number of fused-ring (bicyclic) bond motifs is 1. The molecule has 0 aliphatic carbocycles. The average Bonchev–Trinajstić information content (AvgIpc) is 2.77. The molecule has 3 aromatic rings. The fourth-order valence-corrected chi connectivity index (χ4v) is 4.39. The van der Waals surface area contributed by atoms with E-state index in [9.17, 15) is 4.79 Å². The average molecular weight is 467 g/mol. The number of aryl methyl sites for hydroxylation is 2. The van der Waals surface area contributed by atoms with Crippen LogP contribution in [0, 0.1) is 6.92 Å². The van der Waals surface area contributed by atoms with Gasteiger partial charge in [0.25, 0.3) is 0 Å². The highest BCUT2D eigenvalue weighted by molar-refractivity contribution is 9.10. The second-order valence-electron chi connectivity index (χ2n) is 7.87. The number of halogens is 1. The summed E-state index contributed by atoms with van der Waals surface area (Å²) in [7, 11) is 0. The third-order valence-electron chi connectivity index (χ3n) is 5.81. The SMILES string of the molecule is CCc1ccc(COc2cn3c(c(Br)c2=O)CN(Cc2ccccc2C)CC3)cc1. The molecule has 1 aliphatic rings. The molecule has 5 heteroatoms. The van der Waals surface area contributed by atoms with Crippen LogP contribution in [0.3, 0.4) is 0 Å². The van der Waals surface area contributed by atoms with Crippen LogP contribution in [0.4, 0.5) is 0 Å². The zero-order chi connectivity index (χ0) is 21.1. The third kappa shape index (κ3) is 4.52. The van der Waals surface area contributed by atoms with E-state index in [4.69, 9.17) is 4.74 Å². The molecule has 2 aromatic carbocycles. The summed E-state index contributed by atoms with van der Waals surface area (Å²) in [5.74, 6) is 0.401. The van der Waals surface area contributed by atoms with Gasteiger partial charge in [-0.1, -0.05) is 55.5 Å². The molecule has 1 aliphatic heterocycles. The molecule has 30 heavy (non-hydrogen) atoms. The predicted octanol–water partition coefficient (Wildman–Crippen LogP) is 5.08. The van der Waals surface area contributed by atoms with E-state index in [2.05, 4.69) is 87.8 Å². The first-order valence-electron chi connectivity index (χ1n) is 10.4. The number of pyridine rings is 1. The Hall–Kier alpha value is -2.37. The highest BCUT2D eigenvalue weighted by Crippen LogP contribution is 2.24. The smallest absolute Gasteiger partial charge is 0.237 e. The molecule has 0 bridgehead atoms. The Morgan fingerprint density at radius 3 is 2.50 bits per heavy atom. The highest BCUT2D eigenvalue weighted by Gasteiger charge is 2.22. The highest BCUT2D eigenvalue weighted by atomic mass is 79.9. The number of ether oxygens (including phenoxy) is 1. The maximum Gasteiger partial charge on any atom is 0.237 e. The molecule has 4 rings (SSSR count). The second kappa shape index (κ2) is 9.19. The Labute approximate surface area is 186 Å². The fraction of sp³-hybridized carbons (Fsp3) is 0.320. The lowest BCUT2D eigenvalue weighted by Crippen LogP contribution is -2.35. The van der Waals surface area contributed by atoms with Gasteiger partial charge in [-0.25, -0.2) is 0 Å². The van der Waals surface area contributed by atoms with Gasteiger partial charge in [0.05, 0.1) is 16.4 Å². The lowest BCUT2D eigenvalue weighted by atomic mass is 10.1. The lowest BCUT2D eigenvalue weighted by Gasteiger charge is -2.31. The van der Waals surface area contributed by atoms with Crippen molar-refractivity contribution in [3.05, 3.63) is 97.4 Å². The first-order chi connectivity index (χ1) is 14.5. The topological polar surface area (TPSA) is 34.5 Å². The van der Waals surface area contributed by atoms with Crippen LogP contribution in [0.2, 0.25) is 0 Å². The summed E-state index contributed by atoms with van der Waals surface area (Å²) in [6.45, 7) is 8.08. The van der Waals surface area contributed by atoms with Crippen molar-refractivity contribution in [2.24, 2.45) is 0 Å². The quantitative estimate of drug-likeness (QED) is 0.508. The van der Waals surface area contributed by atoms with Gasteiger partial charge in [-0.2, -0.15) is 0 Å². The van der Waals surface area contributed by atoms with E-state index in [1.54, 1.807) is 0 Å². The standard InChI is InChI=1S/C25H27BrN2O2/c1-3-19-8-10-20(11-9-19)17-30-23-16-28-13-12-27(15-22(28)24(26)25(23)29)14-21-7-5-4-6-18(21)2/h4-11,16H,3,12-15,17H2,1-2H3. The molecule has 0 saturated carbocycles. The van der Waals surface area contributed by atoms with Crippen molar-refractivity contribution in [1.29, 1.82) is 0 Å². The number of rotatable bonds is 6. The van der Waals surface area contributed by atoms with Gasteiger partial charge in [-0.3, -0.25) is 9.69 Å². The lowest BCUT2D eigenvalue weighted by molar-refractivity contribution is 0.207. The molecule has 0 amide bonds. The van der Waals surface area contributed by atoms with Crippen LogP contribution < -0.4 is 10.2 Å². The molecule has 0 fully saturated rings. The van der Waals surface area contributed by atoms with Crippen molar-refractivity contribution in [3.8, 4) is 5.75 Å². The van der Waals surface area contributed by atoms with Gasteiger partial charge in [0, 0.05) is 26.2 Å². The summed E-state index contributed by atoms with van der Waals surface area (Å²) in [5.41, 5.74) is 5.93. The molecule has 4 nitrogen and oxygen atoms in total. The molecule has 0 atom stereocenters. The number of hydrogen-bond acceptors (Lipinski definition) is 3. The van der Waals surface area contributed by atoms with E-state index < -0.39 is 0 Å². The van der Waals surface area contributed by atoms with Crippen LogP contribution >= 0.6 is 15.9 Å². The molecular weight excluding hydrogens is 440 g/mol. The molecule has 0 spiro atoms. The molecule has 2 heterocycles. The van der Waals surface area contributed by atoms with Crippen molar-refractivity contribution in [2.45, 2.75) is 46.5 Å². The predicted molar refractivity (Wildman–Crippen MR) is 124 cm³/mol. The van der Waals surface area contributed by atoms with Gasteiger partial charge in [-0.15, -0.1) is 0 Å². The van der Waals surface area contributed by atoms with Gasteiger partial charge in [-0.05, 0) is 51.5 Å². The van der Waals surface area contributed by atoms with Crippen molar-refractivity contribution in [1.82, 2.24) is 9.47 Å². The summed E-state index contributed by atoms with van der Waals surface area (Å²) < 4.78 is 8.66. The largest absolute Gasteiger partial charge is 0.483 e. The van der Waals surface area contributed by atoms with E-state index in [1.165, 1.54) is 16.7 Å². The van der Waals surface area contributed by atoms with E-state index in [1.807, 2.05) is 6.20 Å². The normalized spacial score (nSPS) is 13.8. The zero-order valence-electron chi connectivity index (χ0n) is 17.5. The van der Waals surface area contributed by atoms with Gasteiger partial charge in [0.2, 0.25) is 5.43 Å². The summed E-state index contributed by atoms with van der Waals surface area (Å²) in [4.78, 5) is 15.3. The summed E-state index contributed by atoms with van der Waals surface area (Å²) in [6.07, 6.45) is 2.88. The van der Waals surface area contributed by atoms with Gasteiger partial charge >= 0.3 is 0 Å². The van der Waals surface area contributed by atoms with Gasteiger partial charge in [0.15, 0.2) is 5.75 Å². The van der Waals surface area contributed by atoms with Crippen LogP contribution in [0.1, 0.15) is 34.9 Å². The number of benzene rings is 2. The first-order valence-corrected chi connectivity index (χ1v) is 11.2. The summed E-state index contributed by atoms with van der Waals surface area (Å²) in [6, 6.07) is 16.8. The maximum atomic E-state index is 12.9. The monoisotopic (exact) mass is 466 g/mol. The maximum absolute atomic E-state index is 12.9. The second-order valence-corrected chi connectivity index (χ2v) is 8.67. The van der Waals surface area contributed by atoms with E-state index in [-0.39, 0.29) is 5.43 Å². The minimum Gasteiger partial charge on any atom is -0.483 e. The minimum atomic E-state index is -0.0795. The van der Waals surface area contributed by atoms with Crippen molar-refractivity contribution in [2.75, 3.05) is 6.54 Å². The van der Waals surface area contributed by atoms with Crippen molar-refractivity contribution < 1.29 is 4.74 Å². The first kappa shape index (κ1) is 20.9. The minimum absolute atomic E-state index is 0.0795. The van der Waals surface area contributed by atoms with Crippen LogP contribution in [0.5, 0.6) is 5.75 Å². The van der Waals surface area contributed by atoms with E-state index >= 15 is 0 Å². The number of hydrogen-bond donors (Lipinski definition) is 0. The Balaban J connectivity index is 1.49. The van der Waals surface area contributed by atoms with Gasteiger partial charge in [0.1, 0.15) is 6.61 Å². The number of nitrogens with zero attached hydrogens (tertiary/aromatic N) is 2. The Morgan fingerprint density at radius 1 is 1.03 bits per heavy atom. The number of aromatic nitrogens is 1. The van der Waals surface area contributed by atoms with Crippen LogP contribution in [0.15, 0.2) is 64.0 Å². The Kier molecular flexibility index (Phi) is 6.40. The molecule has 0 saturated heterocycles. The molecule has 0 unspecified atom stereocenters. The molecule has 0 N–H and O–H groups in total. The molecule has 1 aromatic heterocycles. The Morgan fingerprint density at radius 2 is 1.77 bits per heavy atom. The third-order valence-corrected chi connectivity index (χ3v) is 6.63. The van der Waals surface area contributed by atoms with E-state index in [0.717, 1.165) is 43.9 Å². The fourth-order valence-electron chi connectivity index (χ4n) is 3.84. The van der Waals surface area contributed by atoms with Crippen molar-refractivity contribution in [3.63, 3.8) is 0 Å². The van der Waals surface area contributed by atoms with Crippen molar-refractivity contribution >= 4 is 15.9 Å². The molecular formula is C25H27BrN2O2. The van der Waals surface area contributed by atoms with Crippen LogP contribution in [0.25, 0.3) is 0 Å².